The minimum absolute atomic E-state index is 0.242. The van der Waals surface area contributed by atoms with E-state index in [1.165, 1.54) is 0 Å². The molecule has 1 aliphatic rings. The van der Waals surface area contributed by atoms with Crippen LogP contribution in [-0.4, -0.2) is 21.4 Å². The molecule has 1 aromatic heterocycles. The Labute approximate surface area is 50.0 Å². The van der Waals surface area contributed by atoms with Crippen LogP contribution in [0.15, 0.2) is 0 Å². The van der Waals surface area contributed by atoms with Crippen LogP contribution in [0.5, 0.6) is 5.88 Å². The molecule has 0 aliphatic carbocycles. The summed E-state index contributed by atoms with van der Waals surface area (Å²) in [7, 11) is 0. The number of aromatic nitrogens is 3. The first-order valence-corrected chi connectivity index (χ1v) is 2.46. The molecule has 0 saturated heterocycles. The molecule has 2 heterocycles. The number of hydrogen-bond acceptors (Lipinski definition) is 4. The van der Waals surface area contributed by atoms with Crippen molar-refractivity contribution >= 4 is 5.97 Å². The second kappa shape index (κ2) is 1.31. The lowest BCUT2D eigenvalue weighted by Crippen LogP contribution is -2.02. The lowest BCUT2D eigenvalue weighted by atomic mass is 10.4. The lowest BCUT2D eigenvalue weighted by Gasteiger charge is -1.83. The summed E-state index contributed by atoms with van der Waals surface area (Å²) in [5.74, 6) is 0.0361. The van der Waals surface area contributed by atoms with Crippen LogP contribution in [0.2, 0.25) is 0 Å². The normalized spacial score (nSPS) is 15.3. The van der Waals surface area contributed by atoms with Gasteiger partial charge in [0.25, 0.3) is 5.88 Å². The van der Waals surface area contributed by atoms with Crippen molar-refractivity contribution in [2.45, 2.75) is 6.42 Å². The fourth-order valence-electron chi connectivity index (χ4n) is 0.721. The predicted octanol–water partition coefficient (Wildman–Crippen LogP) is -0.734. The van der Waals surface area contributed by atoms with Crippen molar-refractivity contribution in [2.24, 2.45) is 0 Å². The third-order valence-corrected chi connectivity index (χ3v) is 1.11. The van der Waals surface area contributed by atoms with Crippen LogP contribution < -0.4 is 4.74 Å². The maximum absolute atomic E-state index is 10.4. The second-order valence-electron chi connectivity index (χ2n) is 1.73. The Morgan fingerprint density at radius 1 is 1.56 bits per heavy atom. The van der Waals surface area contributed by atoms with E-state index in [0.717, 1.165) is 0 Å². The van der Waals surface area contributed by atoms with Gasteiger partial charge in [-0.1, -0.05) is 0 Å². The highest BCUT2D eigenvalue weighted by Crippen LogP contribution is 2.18. The molecule has 2 rings (SSSR count). The van der Waals surface area contributed by atoms with E-state index in [-0.39, 0.29) is 12.4 Å². The summed E-state index contributed by atoms with van der Waals surface area (Å²) < 4.78 is 4.60. The standard InChI is InChI=1S/C4H3N3O2/c8-3-1-2-4(9-3)6-7-5-2/h1H2,(H,5,6,7). The largest absolute Gasteiger partial charge is 0.403 e. The first-order chi connectivity index (χ1) is 4.36. The zero-order chi connectivity index (χ0) is 6.27. The minimum Gasteiger partial charge on any atom is -0.403 e. The molecule has 1 aliphatic heterocycles. The van der Waals surface area contributed by atoms with E-state index < -0.39 is 0 Å². The first kappa shape index (κ1) is 4.49. The summed E-state index contributed by atoms with van der Waals surface area (Å²) in [6.45, 7) is 0. The van der Waals surface area contributed by atoms with Gasteiger partial charge in [-0.3, -0.25) is 4.79 Å². The fraction of sp³-hybridized carbons (Fsp3) is 0.250. The van der Waals surface area contributed by atoms with Crippen LogP contribution >= 0.6 is 0 Å². The summed E-state index contributed by atoms with van der Waals surface area (Å²) in [5, 5.41) is 9.58. The number of esters is 1. The topological polar surface area (TPSA) is 67.9 Å². The summed E-state index contributed by atoms with van der Waals surface area (Å²) in [6.07, 6.45) is 0.242. The number of ether oxygens (including phenoxy) is 1. The van der Waals surface area contributed by atoms with Crippen molar-refractivity contribution in [3.05, 3.63) is 5.69 Å². The number of aromatic amines is 1. The van der Waals surface area contributed by atoms with Gasteiger partial charge < -0.3 is 4.74 Å². The molecule has 1 N–H and O–H groups in total. The van der Waals surface area contributed by atoms with Crippen molar-refractivity contribution in [2.75, 3.05) is 0 Å². The lowest BCUT2D eigenvalue weighted by molar-refractivity contribution is -0.132. The number of hydrogen-bond donors (Lipinski definition) is 1. The molecule has 0 radical (unpaired) electrons. The van der Waals surface area contributed by atoms with E-state index in [4.69, 9.17) is 0 Å². The predicted molar refractivity (Wildman–Crippen MR) is 25.7 cm³/mol. The molecule has 0 amide bonds. The molecule has 46 valence electrons. The van der Waals surface area contributed by atoms with E-state index in [1.54, 1.807) is 0 Å². The van der Waals surface area contributed by atoms with E-state index >= 15 is 0 Å². The molecular weight excluding hydrogens is 122 g/mol. The zero-order valence-electron chi connectivity index (χ0n) is 4.42. The molecule has 5 heteroatoms. The quantitative estimate of drug-likeness (QED) is 0.464. The van der Waals surface area contributed by atoms with Crippen LogP contribution in [-0.2, 0) is 11.2 Å². The number of rotatable bonds is 0. The van der Waals surface area contributed by atoms with Crippen molar-refractivity contribution in [1.29, 1.82) is 0 Å². The minimum atomic E-state index is -0.283. The molecular formula is C4H3N3O2. The summed E-state index contributed by atoms with van der Waals surface area (Å²) in [5.41, 5.74) is 0.597. The van der Waals surface area contributed by atoms with E-state index in [0.29, 0.717) is 11.6 Å². The monoisotopic (exact) mass is 125 g/mol. The number of carbonyl (C=O) groups excluding carboxylic acids is 1. The average Bonchev–Trinajstić information content (AvgIpc) is 2.22. The number of fused-ring (bicyclic) bond motifs is 1. The Balaban J connectivity index is 2.49. The number of H-pyrrole nitrogens is 1. The van der Waals surface area contributed by atoms with Crippen LogP contribution in [0.25, 0.3) is 0 Å². The van der Waals surface area contributed by atoms with Crippen molar-refractivity contribution in [1.82, 2.24) is 15.4 Å². The molecule has 0 spiro atoms. The highest BCUT2D eigenvalue weighted by atomic mass is 16.5. The van der Waals surface area contributed by atoms with Crippen LogP contribution in [0, 0.1) is 0 Å². The van der Waals surface area contributed by atoms with Gasteiger partial charge in [0.05, 0.1) is 6.42 Å². The van der Waals surface area contributed by atoms with Gasteiger partial charge in [0, 0.05) is 0 Å². The molecule has 0 atom stereocenters. The Bertz CT molecular complexity index is 232. The maximum atomic E-state index is 10.4. The molecule has 0 aromatic carbocycles. The van der Waals surface area contributed by atoms with Gasteiger partial charge in [-0.05, 0) is 0 Å². The smallest absolute Gasteiger partial charge is 0.319 e. The average molecular weight is 125 g/mol. The summed E-state index contributed by atoms with van der Waals surface area (Å²) in [4.78, 5) is 10.4. The van der Waals surface area contributed by atoms with Crippen LogP contribution in [0.3, 0.4) is 0 Å². The molecule has 9 heavy (non-hydrogen) atoms. The third-order valence-electron chi connectivity index (χ3n) is 1.11. The second-order valence-corrected chi connectivity index (χ2v) is 1.73. The molecule has 0 unspecified atom stereocenters. The van der Waals surface area contributed by atoms with Crippen molar-refractivity contribution in [3.63, 3.8) is 0 Å². The molecule has 0 saturated carbocycles. The van der Waals surface area contributed by atoms with E-state index in [1.807, 2.05) is 0 Å². The van der Waals surface area contributed by atoms with Crippen LogP contribution in [0.4, 0.5) is 0 Å². The fourth-order valence-corrected chi connectivity index (χ4v) is 0.721. The van der Waals surface area contributed by atoms with Crippen LogP contribution in [0.1, 0.15) is 5.69 Å². The van der Waals surface area contributed by atoms with Gasteiger partial charge in [-0.25, -0.2) is 0 Å². The third kappa shape index (κ3) is 0.509. The Hall–Kier alpha value is -1.39. The Morgan fingerprint density at radius 2 is 2.44 bits per heavy atom. The van der Waals surface area contributed by atoms with Gasteiger partial charge in [0.15, 0.2) is 0 Å². The highest BCUT2D eigenvalue weighted by Gasteiger charge is 2.23. The number of nitrogens with one attached hydrogen (secondary N) is 1. The summed E-state index contributed by atoms with van der Waals surface area (Å²) in [6, 6.07) is 0. The van der Waals surface area contributed by atoms with Gasteiger partial charge in [0.2, 0.25) is 0 Å². The first-order valence-electron chi connectivity index (χ1n) is 2.46. The maximum Gasteiger partial charge on any atom is 0.319 e. The number of carbonyl (C=O) groups is 1. The summed E-state index contributed by atoms with van der Waals surface area (Å²) >= 11 is 0. The van der Waals surface area contributed by atoms with Crippen molar-refractivity contribution < 1.29 is 9.53 Å². The van der Waals surface area contributed by atoms with Gasteiger partial charge in [-0.2, -0.15) is 10.3 Å². The van der Waals surface area contributed by atoms with Gasteiger partial charge in [-0.15, -0.1) is 5.10 Å². The molecule has 0 bridgehead atoms. The molecule has 5 nitrogen and oxygen atoms in total. The SMILES string of the molecule is O=C1Cc2n[nH]nc2O1. The van der Waals surface area contributed by atoms with E-state index in [9.17, 15) is 4.79 Å². The number of nitrogens with zero attached hydrogens (tertiary/aromatic N) is 2. The zero-order valence-corrected chi connectivity index (χ0v) is 4.42. The molecule has 0 fully saturated rings. The highest BCUT2D eigenvalue weighted by molar-refractivity contribution is 5.78. The molecule has 1 aromatic rings. The van der Waals surface area contributed by atoms with Gasteiger partial charge >= 0.3 is 5.97 Å². The van der Waals surface area contributed by atoms with E-state index in [2.05, 4.69) is 20.1 Å². The van der Waals surface area contributed by atoms with Crippen molar-refractivity contribution in [3.8, 4) is 5.88 Å². The Morgan fingerprint density at radius 3 is 3.22 bits per heavy atom. The van der Waals surface area contributed by atoms with Gasteiger partial charge in [0.1, 0.15) is 5.69 Å². The Kier molecular flexibility index (Phi) is 0.652.